The number of nitrogens with zero attached hydrogens (tertiary/aromatic N) is 4. The Hall–Kier alpha value is -2.07. The maximum Gasteiger partial charge on any atom is 0.108 e. The highest BCUT2D eigenvalue weighted by molar-refractivity contribution is 6.31. The Morgan fingerprint density at radius 3 is 2.86 bits per heavy atom. The summed E-state index contributed by atoms with van der Waals surface area (Å²) in [5.74, 6) is 1.08. The van der Waals surface area contributed by atoms with Crippen molar-refractivity contribution >= 4 is 11.6 Å². The summed E-state index contributed by atoms with van der Waals surface area (Å²) < 4.78 is 4.14. The Morgan fingerprint density at radius 2 is 2.10 bits per heavy atom. The first-order valence-electron chi connectivity index (χ1n) is 6.96. The second kappa shape index (κ2) is 5.74. The Balaban J connectivity index is 1.84. The number of hydrogen-bond acceptors (Lipinski definition) is 2. The molecule has 0 radical (unpaired) electrons. The lowest BCUT2D eigenvalue weighted by Gasteiger charge is -2.05. The van der Waals surface area contributed by atoms with Crippen LogP contribution >= 0.6 is 11.6 Å². The lowest BCUT2D eigenvalue weighted by Crippen LogP contribution is -2.03. The first-order chi connectivity index (χ1) is 10.2. The first kappa shape index (κ1) is 13.9. The van der Waals surface area contributed by atoms with Crippen LogP contribution in [0.25, 0.3) is 5.69 Å². The zero-order valence-corrected chi connectivity index (χ0v) is 12.9. The molecule has 0 unspecified atom stereocenters. The van der Waals surface area contributed by atoms with Crippen molar-refractivity contribution < 1.29 is 0 Å². The molecule has 0 aliphatic heterocycles. The molecule has 0 atom stereocenters. The highest BCUT2D eigenvalue weighted by Crippen LogP contribution is 2.19. The molecule has 0 aliphatic carbocycles. The summed E-state index contributed by atoms with van der Waals surface area (Å²) in [6.45, 7) is 4.85. The van der Waals surface area contributed by atoms with Gasteiger partial charge in [0, 0.05) is 35.7 Å². The molecule has 21 heavy (non-hydrogen) atoms. The monoisotopic (exact) mass is 300 g/mol. The van der Waals surface area contributed by atoms with Gasteiger partial charge >= 0.3 is 0 Å². The third-order valence-corrected chi connectivity index (χ3v) is 3.95. The van der Waals surface area contributed by atoms with Crippen molar-refractivity contribution in [3.8, 4) is 5.69 Å². The molecule has 0 bridgehead atoms. The molecule has 0 saturated carbocycles. The highest BCUT2D eigenvalue weighted by Gasteiger charge is 2.06. The minimum absolute atomic E-state index is 0.739. The van der Waals surface area contributed by atoms with Crippen molar-refractivity contribution in [1.82, 2.24) is 19.1 Å². The van der Waals surface area contributed by atoms with Crippen molar-refractivity contribution in [1.29, 1.82) is 0 Å². The van der Waals surface area contributed by atoms with Crippen LogP contribution in [0.3, 0.4) is 0 Å². The molecule has 5 heteroatoms. The maximum atomic E-state index is 6.07. The van der Waals surface area contributed by atoms with Crippen LogP contribution in [0.2, 0.25) is 5.02 Å². The smallest absolute Gasteiger partial charge is 0.108 e. The zero-order chi connectivity index (χ0) is 14.8. The quantitative estimate of drug-likeness (QED) is 0.737. The normalized spacial score (nSPS) is 11.0. The Bertz CT molecular complexity index is 757. The summed E-state index contributed by atoms with van der Waals surface area (Å²) in [5, 5.41) is 0.782. The number of halogens is 1. The topological polar surface area (TPSA) is 35.6 Å². The van der Waals surface area contributed by atoms with Gasteiger partial charge in [0.1, 0.15) is 5.82 Å². The number of hydrogen-bond donors (Lipinski definition) is 0. The Labute approximate surface area is 129 Å². The van der Waals surface area contributed by atoms with Crippen LogP contribution in [0.15, 0.2) is 43.1 Å². The number of aromatic nitrogens is 4. The molecule has 0 fully saturated rings. The number of rotatable bonds is 4. The average molecular weight is 301 g/mol. The van der Waals surface area contributed by atoms with Crippen molar-refractivity contribution in [3.05, 3.63) is 65.2 Å². The molecule has 1 aromatic carbocycles. The van der Waals surface area contributed by atoms with Crippen LogP contribution in [-0.4, -0.2) is 19.1 Å². The van der Waals surface area contributed by atoms with E-state index in [1.54, 1.807) is 0 Å². The van der Waals surface area contributed by atoms with Gasteiger partial charge in [-0.3, -0.25) is 0 Å². The average Bonchev–Trinajstić information content (AvgIpc) is 3.11. The second-order valence-corrected chi connectivity index (χ2v) is 5.44. The Kier molecular flexibility index (Phi) is 3.80. The van der Waals surface area contributed by atoms with Gasteiger partial charge in [0.25, 0.3) is 0 Å². The summed E-state index contributed by atoms with van der Waals surface area (Å²) in [6.07, 6.45) is 8.62. The van der Waals surface area contributed by atoms with Crippen LogP contribution in [0.4, 0.5) is 0 Å². The van der Waals surface area contributed by atoms with E-state index in [4.69, 9.17) is 11.6 Å². The largest absolute Gasteiger partial charge is 0.329 e. The SMILES string of the molecule is CCc1nccn1Cc1cn(-c2ccc(Cl)c(C)c2)cn1. The van der Waals surface area contributed by atoms with Gasteiger partial charge < -0.3 is 9.13 Å². The second-order valence-electron chi connectivity index (χ2n) is 5.03. The van der Waals surface area contributed by atoms with Crippen LogP contribution in [-0.2, 0) is 13.0 Å². The minimum atomic E-state index is 0.739. The first-order valence-corrected chi connectivity index (χ1v) is 7.34. The summed E-state index contributed by atoms with van der Waals surface area (Å²) in [4.78, 5) is 8.81. The molecule has 3 aromatic rings. The zero-order valence-electron chi connectivity index (χ0n) is 12.1. The minimum Gasteiger partial charge on any atom is -0.329 e. The number of benzene rings is 1. The van der Waals surface area contributed by atoms with E-state index in [-0.39, 0.29) is 0 Å². The standard InChI is InChI=1S/C16H17ClN4/c1-3-16-18-6-7-20(16)9-13-10-21(11-19-13)14-4-5-15(17)12(2)8-14/h4-8,10-11H,3,9H2,1-2H3. The molecule has 4 nitrogen and oxygen atoms in total. The van der Waals surface area contributed by atoms with Crippen molar-refractivity contribution in [3.63, 3.8) is 0 Å². The van der Waals surface area contributed by atoms with Gasteiger partial charge in [0.05, 0.1) is 18.6 Å². The van der Waals surface area contributed by atoms with Gasteiger partial charge in [-0.15, -0.1) is 0 Å². The van der Waals surface area contributed by atoms with Crippen LogP contribution in [0.5, 0.6) is 0 Å². The third-order valence-electron chi connectivity index (χ3n) is 3.53. The predicted octanol–water partition coefficient (Wildman–Crippen LogP) is 3.64. The molecule has 0 aliphatic rings. The van der Waals surface area contributed by atoms with E-state index in [0.29, 0.717) is 0 Å². The molecule has 108 valence electrons. The molecule has 0 N–H and O–H groups in total. The fourth-order valence-electron chi connectivity index (χ4n) is 2.35. The van der Waals surface area contributed by atoms with Crippen molar-refractivity contribution in [2.24, 2.45) is 0 Å². The predicted molar refractivity (Wildman–Crippen MR) is 84.0 cm³/mol. The summed E-state index contributed by atoms with van der Waals surface area (Å²) in [5.41, 5.74) is 3.14. The van der Waals surface area contributed by atoms with E-state index in [0.717, 1.165) is 40.8 Å². The van der Waals surface area contributed by atoms with Crippen molar-refractivity contribution in [2.45, 2.75) is 26.8 Å². The van der Waals surface area contributed by atoms with Crippen LogP contribution in [0.1, 0.15) is 24.0 Å². The third kappa shape index (κ3) is 2.85. The van der Waals surface area contributed by atoms with E-state index in [1.165, 1.54) is 0 Å². The molecule has 3 rings (SSSR count). The van der Waals surface area contributed by atoms with Gasteiger partial charge in [0.15, 0.2) is 0 Å². The van der Waals surface area contributed by atoms with E-state index < -0.39 is 0 Å². The number of imidazole rings is 2. The summed E-state index contributed by atoms with van der Waals surface area (Å²) in [7, 11) is 0. The fraction of sp³-hybridized carbons (Fsp3) is 0.250. The van der Waals surface area contributed by atoms with Crippen molar-refractivity contribution in [2.75, 3.05) is 0 Å². The van der Waals surface area contributed by atoms with Crippen LogP contribution in [0, 0.1) is 6.92 Å². The number of aryl methyl sites for hydroxylation is 2. The molecule has 2 heterocycles. The molecule has 0 saturated heterocycles. The molecular weight excluding hydrogens is 284 g/mol. The van der Waals surface area contributed by atoms with E-state index in [1.807, 2.05) is 48.5 Å². The lowest BCUT2D eigenvalue weighted by atomic mass is 10.2. The molecule has 2 aromatic heterocycles. The van der Waals surface area contributed by atoms with Gasteiger partial charge in [-0.1, -0.05) is 18.5 Å². The lowest BCUT2D eigenvalue weighted by molar-refractivity contribution is 0.719. The molecular formula is C16H17ClN4. The summed E-state index contributed by atoms with van der Waals surface area (Å²) >= 11 is 6.07. The highest BCUT2D eigenvalue weighted by atomic mass is 35.5. The van der Waals surface area contributed by atoms with Crippen LogP contribution < -0.4 is 0 Å². The summed E-state index contributed by atoms with van der Waals surface area (Å²) in [6, 6.07) is 5.97. The Morgan fingerprint density at radius 1 is 1.24 bits per heavy atom. The fourth-order valence-corrected chi connectivity index (χ4v) is 2.47. The van der Waals surface area contributed by atoms with Gasteiger partial charge in [-0.05, 0) is 30.7 Å². The molecule has 0 amide bonds. The van der Waals surface area contributed by atoms with Gasteiger partial charge in [0.2, 0.25) is 0 Å². The van der Waals surface area contributed by atoms with E-state index >= 15 is 0 Å². The van der Waals surface area contributed by atoms with Gasteiger partial charge in [-0.25, -0.2) is 9.97 Å². The van der Waals surface area contributed by atoms with E-state index in [2.05, 4.69) is 27.5 Å². The van der Waals surface area contributed by atoms with Gasteiger partial charge in [-0.2, -0.15) is 0 Å². The molecule has 0 spiro atoms. The van der Waals surface area contributed by atoms with E-state index in [9.17, 15) is 0 Å². The maximum absolute atomic E-state index is 6.07.